The van der Waals surface area contributed by atoms with E-state index in [0.717, 1.165) is 5.56 Å². The van der Waals surface area contributed by atoms with E-state index in [0.29, 0.717) is 22.9 Å². The van der Waals surface area contributed by atoms with E-state index in [4.69, 9.17) is 10.5 Å². The molecule has 0 atom stereocenters. The zero-order valence-electron chi connectivity index (χ0n) is 9.74. The smallest absolute Gasteiger partial charge is 0.185 e. The Morgan fingerprint density at radius 2 is 2.11 bits per heavy atom. The van der Waals surface area contributed by atoms with Crippen molar-refractivity contribution in [2.45, 2.75) is 0 Å². The van der Waals surface area contributed by atoms with Gasteiger partial charge in [0.2, 0.25) is 0 Å². The molecule has 18 heavy (non-hydrogen) atoms. The largest absolute Gasteiger partial charge is 0.495 e. The van der Waals surface area contributed by atoms with Gasteiger partial charge in [-0.25, -0.2) is 0 Å². The molecule has 0 bridgehead atoms. The molecule has 6 nitrogen and oxygen atoms in total. The minimum atomic E-state index is 0.558. The van der Waals surface area contributed by atoms with Crippen LogP contribution in [-0.4, -0.2) is 26.9 Å². The van der Waals surface area contributed by atoms with E-state index in [1.807, 2.05) is 18.2 Å². The summed E-state index contributed by atoms with van der Waals surface area (Å²) in [5, 5.41) is 12.4. The van der Waals surface area contributed by atoms with E-state index in [9.17, 15) is 0 Å². The highest BCUT2D eigenvalue weighted by atomic mass is 16.5. The molecule has 0 fully saturated rings. The first-order chi connectivity index (χ1) is 8.79. The van der Waals surface area contributed by atoms with Gasteiger partial charge in [0.1, 0.15) is 5.75 Å². The van der Waals surface area contributed by atoms with E-state index >= 15 is 0 Å². The molecule has 0 saturated carbocycles. The highest BCUT2D eigenvalue weighted by Crippen LogP contribution is 2.27. The number of ether oxygens (including phenoxy) is 1. The number of aromatic nitrogens is 4. The fraction of sp³-hybridized carbons (Fsp3) is 0.0833. The minimum Gasteiger partial charge on any atom is -0.495 e. The lowest BCUT2D eigenvalue weighted by atomic mass is 10.2. The lowest BCUT2D eigenvalue weighted by molar-refractivity contribution is 0.417. The fourth-order valence-corrected chi connectivity index (χ4v) is 1.80. The number of methoxy groups -OCH3 is 1. The first kappa shape index (κ1) is 10.5. The van der Waals surface area contributed by atoms with E-state index < -0.39 is 0 Å². The summed E-state index contributed by atoms with van der Waals surface area (Å²) in [6.45, 7) is 0. The Morgan fingerprint density at radius 3 is 2.89 bits per heavy atom. The van der Waals surface area contributed by atoms with E-state index in [2.05, 4.69) is 15.3 Å². The predicted octanol–water partition coefficient (Wildman–Crippen LogP) is 1.38. The van der Waals surface area contributed by atoms with Crippen LogP contribution in [-0.2, 0) is 0 Å². The van der Waals surface area contributed by atoms with Crippen LogP contribution >= 0.6 is 0 Å². The van der Waals surface area contributed by atoms with Gasteiger partial charge in [-0.05, 0) is 30.3 Å². The number of benzene rings is 1. The van der Waals surface area contributed by atoms with Crippen molar-refractivity contribution in [3.8, 4) is 17.1 Å². The predicted molar refractivity (Wildman–Crippen MR) is 67.2 cm³/mol. The third-order valence-electron chi connectivity index (χ3n) is 2.67. The maximum Gasteiger partial charge on any atom is 0.185 e. The SMILES string of the molecule is COc1ccc(-c2nnc3cccnn23)cc1N. The van der Waals surface area contributed by atoms with Gasteiger partial charge in [0.15, 0.2) is 11.5 Å². The Bertz CT molecular complexity index is 707. The van der Waals surface area contributed by atoms with Gasteiger partial charge in [0, 0.05) is 11.8 Å². The Balaban J connectivity index is 2.17. The van der Waals surface area contributed by atoms with Crippen LogP contribution < -0.4 is 10.5 Å². The van der Waals surface area contributed by atoms with Crippen LogP contribution in [0.1, 0.15) is 0 Å². The van der Waals surface area contributed by atoms with E-state index in [1.54, 1.807) is 30.0 Å². The average molecular weight is 241 g/mol. The normalized spacial score (nSPS) is 10.7. The molecule has 0 aliphatic rings. The molecule has 2 heterocycles. The monoisotopic (exact) mass is 241 g/mol. The summed E-state index contributed by atoms with van der Waals surface area (Å²) in [4.78, 5) is 0. The number of nitrogen functional groups attached to an aromatic ring is 1. The number of rotatable bonds is 2. The molecule has 0 radical (unpaired) electrons. The molecule has 0 aliphatic carbocycles. The Labute approximate surface area is 103 Å². The second-order valence-electron chi connectivity index (χ2n) is 3.77. The molecular weight excluding hydrogens is 230 g/mol. The van der Waals surface area contributed by atoms with Crippen LogP contribution in [0.5, 0.6) is 5.75 Å². The molecule has 2 aromatic heterocycles. The van der Waals surface area contributed by atoms with Crippen molar-refractivity contribution in [3.05, 3.63) is 36.5 Å². The van der Waals surface area contributed by atoms with Crippen LogP contribution in [0.15, 0.2) is 36.5 Å². The summed E-state index contributed by atoms with van der Waals surface area (Å²) in [5.74, 6) is 1.29. The topological polar surface area (TPSA) is 78.3 Å². The quantitative estimate of drug-likeness (QED) is 0.686. The summed E-state index contributed by atoms with van der Waals surface area (Å²) in [6, 6.07) is 9.13. The molecule has 0 aliphatic heterocycles. The minimum absolute atomic E-state index is 0.558. The fourth-order valence-electron chi connectivity index (χ4n) is 1.80. The van der Waals surface area contributed by atoms with E-state index in [1.165, 1.54) is 0 Å². The number of nitrogens with zero attached hydrogens (tertiary/aromatic N) is 4. The second kappa shape index (κ2) is 3.99. The van der Waals surface area contributed by atoms with Gasteiger partial charge >= 0.3 is 0 Å². The molecule has 0 amide bonds. The lowest BCUT2D eigenvalue weighted by Crippen LogP contribution is -1.96. The summed E-state index contributed by atoms with van der Waals surface area (Å²) in [7, 11) is 1.58. The van der Waals surface area contributed by atoms with Crippen LogP contribution in [0.4, 0.5) is 5.69 Å². The number of nitrogens with two attached hydrogens (primary N) is 1. The average Bonchev–Trinajstić information content (AvgIpc) is 2.82. The second-order valence-corrected chi connectivity index (χ2v) is 3.77. The molecule has 0 unspecified atom stereocenters. The molecule has 90 valence electrons. The first-order valence-electron chi connectivity index (χ1n) is 5.40. The van der Waals surface area contributed by atoms with Gasteiger partial charge in [-0.15, -0.1) is 10.2 Å². The van der Waals surface area contributed by atoms with Crippen LogP contribution in [0, 0.1) is 0 Å². The van der Waals surface area contributed by atoms with Crippen molar-refractivity contribution >= 4 is 11.3 Å². The van der Waals surface area contributed by atoms with Gasteiger partial charge in [-0.3, -0.25) is 0 Å². The van der Waals surface area contributed by atoms with Gasteiger partial charge in [-0.1, -0.05) is 0 Å². The molecular formula is C12H11N5O. The molecule has 3 aromatic rings. The van der Waals surface area contributed by atoms with Crippen molar-refractivity contribution in [1.29, 1.82) is 0 Å². The number of anilines is 1. The Morgan fingerprint density at radius 1 is 1.22 bits per heavy atom. The molecule has 6 heteroatoms. The Hall–Kier alpha value is -2.63. The number of hydrogen-bond donors (Lipinski definition) is 1. The lowest BCUT2D eigenvalue weighted by Gasteiger charge is -2.05. The highest BCUT2D eigenvalue weighted by molar-refractivity contribution is 5.67. The maximum atomic E-state index is 5.88. The number of hydrogen-bond acceptors (Lipinski definition) is 5. The standard InChI is InChI=1S/C12H11N5O/c1-18-10-5-4-8(7-9(10)13)12-16-15-11-3-2-6-14-17(11)12/h2-7H,13H2,1H3. The summed E-state index contributed by atoms with van der Waals surface area (Å²) < 4.78 is 6.79. The zero-order valence-corrected chi connectivity index (χ0v) is 9.74. The third kappa shape index (κ3) is 1.55. The molecule has 0 spiro atoms. The maximum absolute atomic E-state index is 5.88. The van der Waals surface area contributed by atoms with Gasteiger partial charge < -0.3 is 10.5 Å². The molecule has 1 aromatic carbocycles. The van der Waals surface area contributed by atoms with Crippen molar-refractivity contribution in [3.63, 3.8) is 0 Å². The summed E-state index contributed by atoms with van der Waals surface area (Å²) >= 11 is 0. The highest BCUT2D eigenvalue weighted by Gasteiger charge is 2.10. The van der Waals surface area contributed by atoms with Crippen LogP contribution in [0.2, 0.25) is 0 Å². The molecule has 2 N–H and O–H groups in total. The third-order valence-corrected chi connectivity index (χ3v) is 2.67. The van der Waals surface area contributed by atoms with Crippen LogP contribution in [0.25, 0.3) is 17.0 Å². The van der Waals surface area contributed by atoms with Gasteiger partial charge in [0.05, 0.1) is 12.8 Å². The van der Waals surface area contributed by atoms with Gasteiger partial charge in [0.25, 0.3) is 0 Å². The summed E-state index contributed by atoms with van der Waals surface area (Å²) in [6.07, 6.45) is 1.69. The zero-order chi connectivity index (χ0) is 12.5. The van der Waals surface area contributed by atoms with Crippen LogP contribution in [0.3, 0.4) is 0 Å². The molecule has 3 rings (SSSR count). The van der Waals surface area contributed by atoms with Crippen molar-refractivity contribution in [1.82, 2.24) is 19.8 Å². The van der Waals surface area contributed by atoms with Gasteiger partial charge in [-0.2, -0.15) is 9.61 Å². The summed E-state index contributed by atoms with van der Waals surface area (Å²) in [5.41, 5.74) is 7.98. The van der Waals surface area contributed by atoms with E-state index in [-0.39, 0.29) is 0 Å². The molecule has 0 saturated heterocycles. The van der Waals surface area contributed by atoms with Crippen molar-refractivity contribution < 1.29 is 4.74 Å². The van der Waals surface area contributed by atoms with Crippen molar-refractivity contribution in [2.75, 3.05) is 12.8 Å². The Kier molecular flexibility index (Phi) is 2.33. The first-order valence-corrected chi connectivity index (χ1v) is 5.40. The van der Waals surface area contributed by atoms with Crippen molar-refractivity contribution in [2.24, 2.45) is 0 Å². The number of fused-ring (bicyclic) bond motifs is 1.